The fourth-order valence-electron chi connectivity index (χ4n) is 1.96. The molecule has 0 atom stereocenters. The second-order valence-electron chi connectivity index (χ2n) is 4.75. The Morgan fingerprint density at radius 2 is 1.86 bits per heavy atom. The van der Waals surface area contributed by atoms with Crippen LogP contribution in [0.15, 0.2) is 24.3 Å². The number of hydrogen-bond donors (Lipinski definition) is 1. The van der Waals surface area contributed by atoms with Gasteiger partial charge in [-0.05, 0) is 31.5 Å². The van der Waals surface area contributed by atoms with E-state index < -0.39 is 10.0 Å². The van der Waals surface area contributed by atoms with Crippen molar-refractivity contribution in [3.05, 3.63) is 46.2 Å². The van der Waals surface area contributed by atoms with Crippen molar-refractivity contribution >= 4 is 27.3 Å². The molecule has 1 N–H and O–H groups in total. The van der Waals surface area contributed by atoms with E-state index in [0.717, 1.165) is 0 Å². The summed E-state index contributed by atoms with van der Waals surface area (Å²) in [5, 5.41) is 0.493. The minimum atomic E-state index is -3.60. The minimum absolute atomic E-state index is 0.182. The fourth-order valence-corrected chi connectivity index (χ4v) is 3.47. The van der Waals surface area contributed by atoms with E-state index in [1.54, 1.807) is 38.1 Å². The maximum Gasteiger partial charge on any atom is 0.316 e. The van der Waals surface area contributed by atoms with E-state index in [9.17, 15) is 8.42 Å². The molecule has 0 bridgehead atoms. The van der Waals surface area contributed by atoms with Crippen LogP contribution in [0, 0.1) is 13.8 Å². The summed E-state index contributed by atoms with van der Waals surface area (Å²) < 4.78 is 32.1. The summed E-state index contributed by atoms with van der Waals surface area (Å²) >= 11 is 5.87. The van der Waals surface area contributed by atoms with Crippen LogP contribution < -0.4 is 9.46 Å². The van der Waals surface area contributed by atoms with Gasteiger partial charge in [-0.2, -0.15) is 9.97 Å². The van der Waals surface area contributed by atoms with E-state index in [4.69, 9.17) is 16.3 Å². The van der Waals surface area contributed by atoms with E-state index in [0.29, 0.717) is 27.7 Å². The highest BCUT2D eigenvalue weighted by molar-refractivity contribution is 7.91. The zero-order valence-electron chi connectivity index (χ0n) is 12.4. The first-order chi connectivity index (χ1) is 10.3. The van der Waals surface area contributed by atoms with Crippen molar-refractivity contribution in [1.82, 2.24) is 9.97 Å². The second kappa shape index (κ2) is 6.50. The number of methoxy groups -OCH3 is 1. The number of sulfonamides is 1. The molecule has 0 radical (unpaired) electrons. The van der Waals surface area contributed by atoms with Gasteiger partial charge in [-0.15, -0.1) is 0 Å². The molecular formula is C14H16ClN3O3S. The molecule has 6 nitrogen and oxygen atoms in total. The fraction of sp³-hybridized carbons (Fsp3) is 0.286. The Bertz CT molecular complexity index is 771. The smallest absolute Gasteiger partial charge is 0.316 e. The lowest BCUT2D eigenvalue weighted by atomic mass is 10.2. The van der Waals surface area contributed by atoms with E-state index in [1.165, 1.54) is 7.11 Å². The number of aryl methyl sites for hydroxylation is 2. The molecule has 0 saturated carbocycles. The predicted molar refractivity (Wildman–Crippen MR) is 85.8 cm³/mol. The van der Waals surface area contributed by atoms with Crippen molar-refractivity contribution in [2.75, 3.05) is 11.8 Å². The average Bonchev–Trinajstić information content (AvgIpc) is 2.42. The van der Waals surface area contributed by atoms with Gasteiger partial charge >= 0.3 is 6.01 Å². The highest BCUT2D eigenvalue weighted by Gasteiger charge is 2.17. The van der Waals surface area contributed by atoms with Crippen molar-refractivity contribution in [2.24, 2.45) is 0 Å². The minimum Gasteiger partial charge on any atom is -0.467 e. The Balaban J connectivity index is 2.26. The zero-order valence-corrected chi connectivity index (χ0v) is 14.0. The van der Waals surface area contributed by atoms with Gasteiger partial charge in [-0.25, -0.2) is 8.42 Å². The molecule has 0 aliphatic heterocycles. The number of hydrogen-bond acceptors (Lipinski definition) is 5. The van der Waals surface area contributed by atoms with Crippen LogP contribution in [-0.2, 0) is 15.8 Å². The summed E-state index contributed by atoms with van der Waals surface area (Å²) in [5.41, 5.74) is 1.96. The van der Waals surface area contributed by atoms with Crippen molar-refractivity contribution in [2.45, 2.75) is 19.6 Å². The van der Waals surface area contributed by atoms with Crippen LogP contribution in [0.4, 0.5) is 5.69 Å². The SMILES string of the molecule is COc1nc(C)c(NS(=O)(=O)Cc2cccc(Cl)c2)c(C)n1. The van der Waals surface area contributed by atoms with Gasteiger partial charge in [0.1, 0.15) is 0 Å². The molecule has 1 heterocycles. The van der Waals surface area contributed by atoms with Gasteiger partial charge in [-0.3, -0.25) is 4.72 Å². The number of aromatic nitrogens is 2. The molecule has 0 amide bonds. The number of nitrogens with one attached hydrogen (secondary N) is 1. The Kier molecular flexibility index (Phi) is 4.87. The standard InChI is InChI=1S/C14H16ClN3O3S/c1-9-13(10(2)17-14(16-9)21-3)18-22(19,20)8-11-5-4-6-12(15)7-11/h4-7,18H,8H2,1-3H3. The van der Waals surface area contributed by atoms with Crippen LogP contribution in [0.25, 0.3) is 0 Å². The molecule has 22 heavy (non-hydrogen) atoms. The van der Waals surface area contributed by atoms with E-state index >= 15 is 0 Å². The highest BCUT2D eigenvalue weighted by atomic mass is 35.5. The Labute approximate surface area is 134 Å². The summed E-state index contributed by atoms with van der Waals surface area (Å²) in [6.45, 7) is 3.38. The lowest BCUT2D eigenvalue weighted by Crippen LogP contribution is -2.17. The first-order valence-corrected chi connectivity index (χ1v) is 8.48. The van der Waals surface area contributed by atoms with Crippen LogP contribution in [0.5, 0.6) is 6.01 Å². The summed E-state index contributed by atoms with van der Waals surface area (Å²) in [6.07, 6.45) is 0. The maximum atomic E-state index is 12.3. The molecule has 0 spiro atoms. The van der Waals surface area contributed by atoms with Crippen molar-refractivity contribution in [1.29, 1.82) is 0 Å². The van der Waals surface area contributed by atoms with Crippen LogP contribution >= 0.6 is 11.6 Å². The van der Waals surface area contributed by atoms with Crippen LogP contribution in [0.2, 0.25) is 5.02 Å². The topological polar surface area (TPSA) is 81.2 Å². The maximum absolute atomic E-state index is 12.3. The summed E-state index contributed by atoms with van der Waals surface area (Å²) in [4.78, 5) is 8.15. The largest absolute Gasteiger partial charge is 0.467 e. The number of anilines is 1. The number of nitrogens with zero attached hydrogens (tertiary/aromatic N) is 2. The number of halogens is 1. The van der Waals surface area contributed by atoms with E-state index in [1.807, 2.05) is 0 Å². The summed E-state index contributed by atoms with van der Waals surface area (Å²) in [6, 6.07) is 6.92. The molecule has 118 valence electrons. The monoisotopic (exact) mass is 341 g/mol. The molecule has 0 fully saturated rings. The first-order valence-electron chi connectivity index (χ1n) is 6.45. The van der Waals surface area contributed by atoms with Gasteiger partial charge < -0.3 is 4.74 Å². The third kappa shape index (κ3) is 4.08. The van der Waals surface area contributed by atoms with Gasteiger partial charge in [-0.1, -0.05) is 23.7 Å². The Morgan fingerprint density at radius 1 is 1.23 bits per heavy atom. The first kappa shape index (κ1) is 16.5. The number of rotatable bonds is 5. The summed E-state index contributed by atoms with van der Waals surface area (Å²) in [5.74, 6) is -0.182. The number of benzene rings is 1. The van der Waals surface area contributed by atoms with Crippen molar-refractivity contribution in [3.63, 3.8) is 0 Å². The Morgan fingerprint density at radius 3 is 2.41 bits per heavy atom. The van der Waals surface area contributed by atoms with Crippen molar-refractivity contribution in [3.8, 4) is 6.01 Å². The van der Waals surface area contributed by atoms with Crippen LogP contribution in [-0.4, -0.2) is 25.5 Å². The van der Waals surface area contributed by atoms with Crippen LogP contribution in [0.1, 0.15) is 17.0 Å². The molecular weight excluding hydrogens is 326 g/mol. The lowest BCUT2D eigenvalue weighted by Gasteiger charge is -2.13. The van der Waals surface area contributed by atoms with Gasteiger partial charge in [0.25, 0.3) is 0 Å². The van der Waals surface area contributed by atoms with E-state index in [2.05, 4.69) is 14.7 Å². The molecule has 0 saturated heterocycles. The Hall–Kier alpha value is -1.86. The molecule has 0 aliphatic carbocycles. The quantitative estimate of drug-likeness (QED) is 0.904. The van der Waals surface area contributed by atoms with Gasteiger partial charge in [0.05, 0.1) is 29.9 Å². The third-order valence-electron chi connectivity index (χ3n) is 2.94. The summed E-state index contributed by atoms with van der Waals surface area (Å²) in [7, 11) is -2.14. The molecule has 0 aliphatic rings. The van der Waals surface area contributed by atoms with Gasteiger partial charge in [0.2, 0.25) is 10.0 Å². The van der Waals surface area contributed by atoms with Crippen molar-refractivity contribution < 1.29 is 13.2 Å². The molecule has 2 rings (SSSR count). The lowest BCUT2D eigenvalue weighted by molar-refractivity contribution is 0.378. The van der Waals surface area contributed by atoms with Gasteiger partial charge in [0.15, 0.2) is 0 Å². The molecule has 8 heteroatoms. The highest BCUT2D eigenvalue weighted by Crippen LogP contribution is 2.22. The average molecular weight is 342 g/mol. The molecule has 1 aromatic carbocycles. The van der Waals surface area contributed by atoms with E-state index in [-0.39, 0.29) is 11.8 Å². The molecule has 0 unspecified atom stereocenters. The van der Waals surface area contributed by atoms with Gasteiger partial charge in [0, 0.05) is 5.02 Å². The third-order valence-corrected chi connectivity index (χ3v) is 4.40. The number of ether oxygens (including phenoxy) is 1. The van der Waals surface area contributed by atoms with Crippen LogP contribution in [0.3, 0.4) is 0 Å². The predicted octanol–water partition coefficient (Wildman–Crippen LogP) is 2.70. The second-order valence-corrected chi connectivity index (χ2v) is 6.91. The molecule has 1 aromatic heterocycles. The molecule has 2 aromatic rings. The zero-order chi connectivity index (χ0) is 16.3. The normalized spacial score (nSPS) is 11.3.